The fourth-order valence-electron chi connectivity index (χ4n) is 19.1. The molecule has 0 radical (unpaired) electrons. The summed E-state index contributed by atoms with van der Waals surface area (Å²) in [5, 5.41) is 0. The summed E-state index contributed by atoms with van der Waals surface area (Å²) < 4.78 is 22.7. The first-order valence-electron chi connectivity index (χ1n) is 45.5. The SMILES string of the molecule is C=CC(C=C)OC(=O)CCCCCCCCCCOc1ccc(-c2ccc3c(c2)C(C)(C)c2cc(C)ccc2-3)cc1.C=CC(C=C)OC(=O)CCCCCCCCCCOc1ccc(-c2ccc3c(c2)C(CCCCC)(CCCCC)c2cc(C)ccc2-3)cc1.CC1(C)c2ccccc2-c2ccc(-c3ccc4c(c3)C(C)(C)c3ccccc3-4)cc21. The smallest absolute Gasteiger partial charge is 0.306 e. The van der Waals surface area contributed by atoms with Crippen molar-refractivity contribution in [2.24, 2.45) is 0 Å². The number of hydrogen-bond donors (Lipinski definition) is 0. The second-order valence-electron chi connectivity index (χ2n) is 35.9. The molecule has 6 heteroatoms. The van der Waals surface area contributed by atoms with Crippen molar-refractivity contribution in [1.82, 2.24) is 0 Å². The predicted octanol–water partition coefficient (Wildman–Crippen LogP) is 31.4. The van der Waals surface area contributed by atoms with Crippen molar-refractivity contribution in [3.63, 3.8) is 0 Å². The third-order valence-electron chi connectivity index (χ3n) is 26.2. The number of esters is 2. The van der Waals surface area contributed by atoms with E-state index in [0.717, 1.165) is 76.1 Å². The Bertz CT molecular complexity index is 5020. The summed E-state index contributed by atoms with van der Waals surface area (Å²) in [6.45, 7) is 39.2. The highest BCUT2D eigenvalue weighted by atomic mass is 16.5. The minimum Gasteiger partial charge on any atom is -0.494 e. The summed E-state index contributed by atoms with van der Waals surface area (Å²) in [6.07, 6.45) is 34.7. The zero-order valence-electron chi connectivity index (χ0n) is 74.2. The van der Waals surface area contributed by atoms with Crippen LogP contribution in [0.3, 0.4) is 0 Å². The Labute approximate surface area is 721 Å². The molecule has 4 aliphatic carbocycles. The Morgan fingerprint density at radius 3 is 0.942 bits per heavy atom. The average molecular weight is 1600 g/mol. The van der Waals surface area contributed by atoms with Crippen molar-refractivity contribution in [3.05, 3.63) is 313 Å². The molecule has 0 amide bonds. The van der Waals surface area contributed by atoms with E-state index in [4.69, 9.17) is 18.9 Å². The van der Waals surface area contributed by atoms with Gasteiger partial charge in [-0.2, -0.15) is 0 Å². The Morgan fingerprint density at radius 1 is 0.300 bits per heavy atom. The van der Waals surface area contributed by atoms with E-state index in [9.17, 15) is 9.59 Å². The van der Waals surface area contributed by atoms with Gasteiger partial charge in [-0.1, -0.05) is 366 Å². The maximum absolute atomic E-state index is 11.8. The zero-order chi connectivity index (χ0) is 84.8. The van der Waals surface area contributed by atoms with Gasteiger partial charge < -0.3 is 18.9 Å². The molecule has 0 unspecified atom stereocenters. The molecule has 120 heavy (non-hydrogen) atoms. The third kappa shape index (κ3) is 21.0. The van der Waals surface area contributed by atoms with E-state index in [1.807, 2.05) is 0 Å². The van der Waals surface area contributed by atoms with Gasteiger partial charge in [0, 0.05) is 34.5 Å². The van der Waals surface area contributed by atoms with Crippen LogP contribution >= 0.6 is 0 Å². The Balaban J connectivity index is 0.000000169. The number of benzene rings is 10. The normalized spacial score (nSPS) is 13.8. The van der Waals surface area contributed by atoms with Crippen molar-refractivity contribution in [2.45, 2.75) is 270 Å². The van der Waals surface area contributed by atoms with Crippen LogP contribution in [-0.2, 0) is 40.7 Å². The van der Waals surface area contributed by atoms with Crippen molar-refractivity contribution >= 4 is 11.9 Å². The predicted molar refractivity (Wildman–Crippen MR) is 507 cm³/mol. The summed E-state index contributed by atoms with van der Waals surface area (Å²) in [5.74, 6) is 1.55. The molecule has 0 N–H and O–H groups in total. The van der Waals surface area contributed by atoms with Crippen molar-refractivity contribution in [3.8, 4) is 89.4 Å². The largest absolute Gasteiger partial charge is 0.494 e. The molecule has 4 aliphatic rings. The molecule has 0 saturated carbocycles. The van der Waals surface area contributed by atoms with Gasteiger partial charge in [0.2, 0.25) is 0 Å². The topological polar surface area (TPSA) is 71.1 Å². The maximum Gasteiger partial charge on any atom is 0.306 e. The molecule has 10 aromatic carbocycles. The summed E-state index contributed by atoms with van der Waals surface area (Å²) in [4.78, 5) is 23.6. The quantitative estimate of drug-likeness (QED) is 0.0216. The molecule has 0 aliphatic heterocycles. The molecule has 10 aromatic rings. The zero-order valence-corrected chi connectivity index (χ0v) is 74.2. The standard InChI is InChI=1S/C46H62O3.C38H46O3.C30H26/c1-6-10-19-31-46(32-20-11-7-2)43-34-36(5)23-29-41(43)42-30-26-38(35-44(42)46)37-24-27-40(28-25-37)48-33-21-17-15-13-12-14-16-18-22-45(47)49-39(8-3)9-4;1-6-31(7-2)41-37(39)16-14-12-10-8-9-11-13-15-25-40-32-21-18-29(19-22-32)30-20-24-34-33-23-17-28(3)26-35(33)38(4,5)36(34)27-30;1-29(2)25-11-7-5-9-21(25)23-15-13-19(17-27(23)29)20-14-16-24-22-10-6-8-12-26(22)30(3,4)28(24)18-20/h8-9,23-30,34-35,39H,3-4,6-7,10-22,31-33H2,1-2,5H3;6-7,17-24,26-27,31H,1-2,8-16,25H2,3-5H3;5-18H,1-4H3. The first-order valence-corrected chi connectivity index (χ1v) is 45.5. The van der Waals surface area contributed by atoms with Gasteiger partial charge in [0.15, 0.2) is 0 Å². The molecule has 0 bridgehead atoms. The Morgan fingerprint density at radius 2 is 0.575 bits per heavy atom. The second-order valence-corrected chi connectivity index (χ2v) is 35.9. The van der Waals surface area contributed by atoms with Gasteiger partial charge in [0.05, 0.1) is 13.2 Å². The lowest BCUT2D eigenvalue weighted by Crippen LogP contribution is -2.25. The molecule has 0 fully saturated rings. The van der Waals surface area contributed by atoms with Crippen LogP contribution in [0.15, 0.2) is 257 Å². The number of rotatable bonds is 41. The van der Waals surface area contributed by atoms with E-state index in [0.29, 0.717) is 12.8 Å². The van der Waals surface area contributed by atoms with Gasteiger partial charge in [-0.05, 0) is 248 Å². The Kier molecular flexibility index (Phi) is 31.0. The van der Waals surface area contributed by atoms with E-state index < -0.39 is 0 Å². The number of fused-ring (bicyclic) bond motifs is 12. The van der Waals surface area contributed by atoms with Gasteiger partial charge in [0.25, 0.3) is 0 Å². The summed E-state index contributed by atoms with van der Waals surface area (Å²) in [6, 6.07) is 77.2. The van der Waals surface area contributed by atoms with Gasteiger partial charge >= 0.3 is 11.9 Å². The lowest BCUT2D eigenvalue weighted by molar-refractivity contribution is -0.146. The summed E-state index contributed by atoms with van der Waals surface area (Å²) >= 11 is 0. The van der Waals surface area contributed by atoms with Gasteiger partial charge in [0.1, 0.15) is 23.7 Å². The summed E-state index contributed by atoms with van der Waals surface area (Å²) in [7, 11) is 0. The van der Waals surface area contributed by atoms with E-state index in [1.54, 1.807) is 35.4 Å². The molecule has 626 valence electrons. The van der Waals surface area contributed by atoms with Gasteiger partial charge in [-0.15, -0.1) is 0 Å². The highest BCUT2D eigenvalue weighted by molar-refractivity contribution is 5.89. The van der Waals surface area contributed by atoms with Crippen LogP contribution in [0, 0.1) is 13.8 Å². The van der Waals surface area contributed by atoms with E-state index in [1.165, 1.54) is 225 Å². The molecule has 6 nitrogen and oxygen atoms in total. The highest BCUT2D eigenvalue weighted by Gasteiger charge is 2.43. The van der Waals surface area contributed by atoms with Crippen LogP contribution in [0.1, 0.15) is 278 Å². The lowest BCUT2D eigenvalue weighted by Gasteiger charge is -2.33. The van der Waals surface area contributed by atoms with Crippen LogP contribution in [0.2, 0.25) is 0 Å². The van der Waals surface area contributed by atoms with Gasteiger partial charge in [-0.3, -0.25) is 9.59 Å². The number of carbonyl (C=O) groups excluding carboxylic acids is 2. The molecular formula is C114H134O6. The molecule has 0 saturated heterocycles. The minimum atomic E-state index is -0.379. The Hall–Kier alpha value is -10.3. The number of carbonyl (C=O) groups is 2. The van der Waals surface area contributed by atoms with E-state index in [2.05, 4.69) is 302 Å². The van der Waals surface area contributed by atoms with Crippen LogP contribution < -0.4 is 9.47 Å². The average Bonchev–Trinajstić information content (AvgIpc) is 1.53. The number of ether oxygens (including phenoxy) is 4. The van der Waals surface area contributed by atoms with Crippen LogP contribution in [0.4, 0.5) is 0 Å². The van der Waals surface area contributed by atoms with Crippen molar-refractivity contribution in [1.29, 1.82) is 0 Å². The molecule has 0 aromatic heterocycles. The van der Waals surface area contributed by atoms with Crippen molar-refractivity contribution in [2.75, 3.05) is 13.2 Å². The molecule has 0 spiro atoms. The van der Waals surface area contributed by atoms with Crippen molar-refractivity contribution < 1.29 is 28.5 Å². The second kappa shape index (κ2) is 41.8. The highest BCUT2D eigenvalue weighted by Crippen LogP contribution is 2.57. The molecule has 0 heterocycles. The minimum absolute atomic E-state index is 0.00660. The van der Waals surface area contributed by atoms with Crippen LogP contribution in [0.5, 0.6) is 11.5 Å². The fourth-order valence-corrected chi connectivity index (χ4v) is 19.1. The van der Waals surface area contributed by atoms with E-state index >= 15 is 0 Å². The van der Waals surface area contributed by atoms with Gasteiger partial charge in [-0.25, -0.2) is 0 Å². The molecule has 14 rings (SSSR count). The lowest BCUT2D eigenvalue weighted by atomic mass is 9.70. The molecule has 0 atom stereocenters. The fraction of sp³-hybridized carbons (Fsp3) is 0.386. The van der Waals surface area contributed by atoms with Crippen LogP contribution in [-0.4, -0.2) is 37.4 Å². The first-order chi connectivity index (χ1) is 58.2. The first kappa shape index (κ1) is 89.0. The number of aryl methyl sites for hydroxylation is 2. The number of hydrogen-bond acceptors (Lipinski definition) is 6. The maximum atomic E-state index is 11.8. The van der Waals surface area contributed by atoms with E-state index in [-0.39, 0.29) is 45.8 Å². The monoisotopic (exact) mass is 1600 g/mol. The molecular weight excluding hydrogens is 1470 g/mol. The van der Waals surface area contributed by atoms with Crippen LogP contribution in [0.25, 0.3) is 77.9 Å². The number of unbranched alkanes of at least 4 members (excludes halogenated alkanes) is 18. The summed E-state index contributed by atoms with van der Waals surface area (Å²) in [5.41, 5.74) is 33.3. The third-order valence-corrected chi connectivity index (χ3v) is 26.2.